The summed E-state index contributed by atoms with van der Waals surface area (Å²) in [7, 11) is 1.93. The molecule has 1 atom stereocenters. The summed E-state index contributed by atoms with van der Waals surface area (Å²) in [6, 6.07) is 4.96. The van der Waals surface area contributed by atoms with Crippen LogP contribution in [0.25, 0.3) is 0 Å². The van der Waals surface area contributed by atoms with E-state index < -0.39 is 0 Å². The molecule has 0 aromatic heterocycles. The van der Waals surface area contributed by atoms with Crippen molar-refractivity contribution in [1.29, 1.82) is 0 Å². The van der Waals surface area contributed by atoms with Crippen molar-refractivity contribution in [3.05, 3.63) is 29.6 Å². The molecule has 0 spiro atoms. The summed E-state index contributed by atoms with van der Waals surface area (Å²) in [5.74, 6) is 0.543. The zero-order valence-corrected chi connectivity index (χ0v) is 10.2. The zero-order chi connectivity index (χ0) is 12.0. The quantitative estimate of drug-likeness (QED) is 0.803. The van der Waals surface area contributed by atoms with Gasteiger partial charge in [0.05, 0.1) is 0 Å². The Hall–Kier alpha value is -1.09. The van der Waals surface area contributed by atoms with Gasteiger partial charge in [0.2, 0.25) is 0 Å². The van der Waals surface area contributed by atoms with Crippen LogP contribution in [0.2, 0.25) is 0 Å². The molecular weight excluding hydrogens is 205 g/mol. The summed E-state index contributed by atoms with van der Waals surface area (Å²) in [6.45, 7) is 4.62. The van der Waals surface area contributed by atoms with Crippen LogP contribution in [0.4, 0.5) is 4.39 Å². The summed E-state index contributed by atoms with van der Waals surface area (Å²) in [5.41, 5.74) is 0.839. The van der Waals surface area contributed by atoms with Crippen LogP contribution in [-0.2, 0) is 0 Å². The van der Waals surface area contributed by atoms with E-state index >= 15 is 0 Å². The Labute approximate surface area is 96.8 Å². The molecule has 1 aromatic rings. The molecule has 0 saturated heterocycles. The summed E-state index contributed by atoms with van der Waals surface area (Å²) in [4.78, 5) is 0. The van der Waals surface area contributed by atoms with E-state index in [9.17, 15) is 4.39 Å². The van der Waals surface area contributed by atoms with Gasteiger partial charge in [0, 0.05) is 6.04 Å². The first-order valence-corrected chi connectivity index (χ1v) is 5.73. The topological polar surface area (TPSA) is 21.3 Å². The van der Waals surface area contributed by atoms with Gasteiger partial charge in [0.1, 0.15) is 18.2 Å². The Balaban J connectivity index is 2.53. The van der Waals surface area contributed by atoms with Gasteiger partial charge in [0.25, 0.3) is 0 Å². The monoisotopic (exact) mass is 225 g/mol. The summed E-state index contributed by atoms with van der Waals surface area (Å²) < 4.78 is 18.5. The van der Waals surface area contributed by atoms with Crippen LogP contribution in [0.15, 0.2) is 18.2 Å². The van der Waals surface area contributed by atoms with E-state index in [1.165, 1.54) is 12.1 Å². The van der Waals surface area contributed by atoms with Gasteiger partial charge in [-0.3, -0.25) is 0 Å². The van der Waals surface area contributed by atoms with Gasteiger partial charge < -0.3 is 10.1 Å². The van der Waals surface area contributed by atoms with E-state index in [-0.39, 0.29) is 5.82 Å². The largest absolute Gasteiger partial charge is 0.492 e. The molecule has 0 aliphatic rings. The van der Waals surface area contributed by atoms with Gasteiger partial charge in [-0.2, -0.15) is 0 Å². The minimum atomic E-state index is -0.219. The Morgan fingerprint density at radius 3 is 2.75 bits per heavy atom. The third-order valence-corrected chi connectivity index (χ3v) is 2.62. The minimum absolute atomic E-state index is 0.219. The van der Waals surface area contributed by atoms with Crippen molar-refractivity contribution >= 4 is 0 Å². The van der Waals surface area contributed by atoms with Gasteiger partial charge in [-0.1, -0.05) is 13.3 Å². The molecule has 16 heavy (non-hydrogen) atoms. The van der Waals surface area contributed by atoms with E-state index in [0.717, 1.165) is 24.2 Å². The molecule has 1 unspecified atom stereocenters. The van der Waals surface area contributed by atoms with Crippen molar-refractivity contribution in [2.24, 2.45) is 0 Å². The Kier molecular flexibility index (Phi) is 5.26. The molecule has 1 aromatic carbocycles. The van der Waals surface area contributed by atoms with Crippen molar-refractivity contribution in [1.82, 2.24) is 5.32 Å². The smallest absolute Gasteiger partial charge is 0.123 e. The van der Waals surface area contributed by atoms with Crippen LogP contribution in [0.5, 0.6) is 5.75 Å². The van der Waals surface area contributed by atoms with E-state index in [0.29, 0.717) is 12.6 Å². The first-order chi connectivity index (χ1) is 7.67. The SMILES string of the molecule is CCCC(COc1ccc(F)cc1C)NC. The normalized spacial score (nSPS) is 12.5. The Bertz CT molecular complexity index is 328. The molecule has 3 heteroatoms. The molecule has 0 radical (unpaired) electrons. The Morgan fingerprint density at radius 2 is 2.19 bits per heavy atom. The maximum atomic E-state index is 12.9. The molecule has 0 aliphatic carbocycles. The second-order valence-electron chi connectivity index (χ2n) is 4.00. The van der Waals surface area contributed by atoms with E-state index in [2.05, 4.69) is 12.2 Å². The average molecular weight is 225 g/mol. The number of nitrogens with one attached hydrogen (secondary N) is 1. The third kappa shape index (κ3) is 3.81. The van der Waals surface area contributed by atoms with Gasteiger partial charge in [0.15, 0.2) is 0 Å². The molecule has 1 rings (SSSR count). The number of aryl methyl sites for hydroxylation is 1. The fourth-order valence-electron chi connectivity index (χ4n) is 1.62. The van der Waals surface area contributed by atoms with Gasteiger partial charge in [-0.25, -0.2) is 4.39 Å². The lowest BCUT2D eigenvalue weighted by molar-refractivity contribution is 0.261. The molecule has 1 N–H and O–H groups in total. The van der Waals surface area contributed by atoms with Gasteiger partial charge >= 0.3 is 0 Å². The summed E-state index contributed by atoms with van der Waals surface area (Å²) in [5, 5.41) is 3.20. The number of benzene rings is 1. The molecule has 0 heterocycles. The predicted molar refractivity (Wildman–Crippen MR) is 64.4 cm³/mol. The average Bonchev–Trinajstić information content (AvgIpc) is 2.26. The molecule has 0 bridgehead atoms. The maximum absolute atomic E-state index is 12.9. The highest BCUT2D eigenvalue weighted by Gasteiger charge is 2.07. The lowest BCUT2D eigenvalue weighted by Crippen LogP contribution is -2.31. The van der Waals surface area contributed by atoms with Crippen molar-refractivity contribution in [3.63, 3.8) is 0 Å². The predicted octanol–water partition coefficient (Wildman–Crippen LogP) is 2.90. The number of hydrogen-bond donors (Lipinski definition) is 1. The molecule has 0 fully saturated rings. The maximum Gasteiger partial charge on any atom is 0.123 e. The highest BCUT2D eigenvalue weighted by Crippen LogP contribution is 2.18. The highest BCUT2D eigenvalue weighted by molar-refractivity contribution is 5.32. The number of rotatable bonds is 6. The number of ether oxygens (including phenoxy) is 1. The lowest BCUT2D eigenvalue weighted by atomic mass is 10.2. The second kappa shape index (κ2) is 6.48. The first kappa shape index (κ1) is 13.0. The molecular formula is C13H20FNO. The molecule has 90 valence electrons. The molecule has 0 amide bonds. The summed E-state index contributed by atoms with van der Waals surface area (Å²) in [6.07, 6.45) is 2.20. The van der Waals surface area contributed by atoms with Crippen LogP contribution in [-0.4, -0.2) is 19.7 Å². The van der Waals surface area contributed by atoms with E-state index in [1.54, 1.807) is 6.07 Å². The van der Waals surface area contributed by atoms with Crippen molar-refractivity contribution in [3.8, 4) is 5.75 Å². The van der Waals surface area contributed by atoms with Crippen molar-refractivity contribution in [2.75, 3.05) is 13.7 Å². The van der Waals surface area contributed by atoms with Crippen molar-refractivity contribution < 1.29 is 9.13 Å². The zero-order valence-electron chi connectivity index (χ0n) is 10.2. The highest BCUT2D eigenvalue weighted by atomic mass is 19.1. The molecule has 0 aliphatic heterocycles. The summed E-state index contributed by atoms with van der Waals surface area (Å²) >= 11 is 0. The van der Waals surface area contributed by atoms with E-state index in [1.807, 2.05) is 14.0 Å². The first-order valence-electron chi connectivity index (χ1n) is 5.73. The Morgan fingerprint density at radius 1 is 1.44 bits per heavy atom. The van der Waals surface area contributed by atoms with Crippen molar-refractivity contribution in [2.45, 2.75) is 32.7 Å². The van der Waals surface area contributed by atoms with Crippen LogP contribution in [0.1, 0.15) is 25.3 Å². The standard InChI is InChI=1S/C13H20FNO/c1-4-5-12(15-3)9-16-13-7-6-11(14)8-10(13)2/h6-8,12,15H,4-5,9H2,1-3H3. The van der Waals surface area contributed by atoms with Gasteiger partial charge in [-0.15, -0.1) is 0 Å². The van der Waals surface area contributed by atoms with Gasteiger partial charge in [-0.05, 0) is 44.2 Å². The van der Waals surface area contributed by atoms with Crippen LogP contribution < -0.4 is 10.1 Å². The number of hydrogen-bond acceptors (Lipinski definition) is 2. The number of halogens is 1. The van der Waals surface area contributed by atoms with Crippen LogP contribution in [0.3, 0.4) is 0 Å². The fraction of sp³-hybridized carbons (Fsp3) is 0.538. The third-order valence-electron chi connectivity index (χ3n) is 2.62. The van der Waals surface area contributed by atoms with E-state index in [4.69, 9.17) is 4.74 Å². The lowest BCUT2D eigenvalue weighted by Gasteiger charge is -2.17. The minimum Gasteiger partial charge on any atom is -0.492 e. The number of likely N-dealkylation sites (N-methyl/N-ethyl adjacent to an activating group) is 1. The van der Waals surface area contributed by atoms with Crippen LogP contribution >= 0.6 is 0 Å². The second-order valence-corrected chi connectivity index (χ2v) is 4.00. The van der Waals surface area contributed by atoms with Crippen LogP contribution in [0, 0.1) is 12.7 Å². The molecule has 0 saturated carbocycles. The fourth-order valence-corrected chi connectivity index (χ4v) is 1.62. The molecule has 2 nitrogen and oxygen atoms in total.